The molecule has 0 amide bonds. The number of benzene rings is 2. The predicted molar refractivity (Wildman–Crippen MR) is 106 cm³/mol. The SMILES string of the molecule is COc1ccc(-c2nc(C)c(C(=O)OCC(=O)c3ccc4c(c3)OCO4)s2)cc1. The van der Waals surface area contributed by atoms with Crippen LogP contribution in [0, 0.1) is 6.92 Å². The Bertz CT molecular complexity index is 1070. The van der Waals surface area contributed by atoms with Crippen LogP contribution in [0.25, 0.3) is 10.6 Å². The maximum absolute atomic E-state index is 12.5. The zero-order valence-corrected chi connectivity index (χ0v) is 16.6. The van der Waals surface area contributed by atoms with Crippen LogP contribution in [0.4, 0.5) is 0 Å². The molecule has 1 aliphatic heterocycles. The van der Waals surface area contributed by atoms with E-state index < -0.39 is 5.97 Å². The number of nitrogens with zero attached hydrogens (tertiary/aromatic N) is 1. The summed E-state index contributed by atoms with van der Waals surface area (Å²) in [7, 11) is 1.60. The molecule has 0 saturated heterocycles. The topological polar surface area (TPSA) is 84.0 Å². The van der Waals surface area contributed by atoms with Gasteiger partial charge in [0.1, 0.15) is 15.6 Å². The number of Topliss-reactive ketones (excluding diaryl/α,β-unsaturated/α-hetero) is 1. The number of fused-ring (bicyclic) bond motifs is 1. The number of carbonyl (C=O) groups is 2. The number of esters is 1. The number of aromatic nitrogens is 1. The number of ether oxygens (including phenoxy) is 4. The van der Waals surface area contributed by atoms with Crippen LogP contribution in [0.3, 0.4) is 0 Å². The molecular formula is C21H17NO6S. The largest absolute Gasteiger partial charge is 0.497 e. The quantitative estimate of drug-likeness (QED) is 0.449. The van der Waals surface area contributed by atoms with E-state index in [-0.39, 0.29) is 19.2 Å². The summed E-state index contributed by atoms with van der Waals surface area (Å²) in [6, 6.07) is 12.3. The number of aryl methyl sites for hydroxylation is 1. The Morgan fingerprint density at radius 3 is 2.62 bits per heavy atom. The molecule has 148 valence electrons. The monoisotopic (exact) mass is 411 g/mol. The normalized spacial score (nSPS) is 11.9. The average molecular weight is 411 g/mol. The zero-order chi connectivity index (χ0) is 20.4. The van der Waals surface area contributed by atoms with E-state index in [1.165, 1.54) is 11.3 Å². The van der Waals surface area contributed by atoms with Crippen molar-refractivity contribution in [3.05, 3.63) is 58.6 Å². The number of ketones is 1. The number of rotatable bonds is 6. The summed E-state index contributed by atoms with van der Waals surface area (Å²) in [6.07, 6.45) is 0. The van der Waals surface area contributed by atoms with E-state index in [2.05, 4.69) is 4.98 Å². The Morgan fingerprint density at radius 2 is 1.86 bits per heavy atom. The van der Waals surface area contributed by atoms with Crippen molar-refractivity contribution in [3.8, 4) is 27.8 Å². The summed E-state index contributed by atoms with van der Waals surface area (Å²) >= 11 is 1.22. The number of carbonyl (C=O) groups excluding carboxylic acids is 2. The van der Waals surface area contributed by atoms with Gasteiger partial charge in [-0.05, 0) is 49.4 Å². The summed E-state index contributed by atoms with van der Waals surface area (Å²) in [4.78, 5) is 29.6. The third-order valence-electron chi connectivity index (χ3n) is 4.35. The minimum absolute atomic E-state index is 0.128. The molecule has 7 nitrogen and oxygen atoms in total. The minimum Gasteiger partial charge on any atom is -0.497 e. The van der Waals surface area contributed by atoms with Crippen molar-refractivity contribution >= 4 is 23.1 Å². The molecular weight excluding hydrogens is 394 g/mol. The number of methoxy groups -OCH3 is 1. The van der Waals surface area contributed by atoms with Gasteiger partial charge in [-0.3, -0.25) is 4.79 Å². The number of hydrogen-bond donors (Lipinski definition) is 0. The van der Waals surface area contributed by atoms with E-state index in [1.807, 2.05) is 24.3 Å². The van der Waals surface area contributed by atoms with E-state index in [0.29, 0.717) is 32.6 Å². The maximum atomic E-state index is 12.5. The van der Waals surface area contributed by atoms with Crippen molar-refractivity contribution in [2.24, 2.45) is 0 Å². The van der Waals surface area contributed by atoms with Gasteiger partial charge in [0.05, 0.1) is 12.8 Å². The highest BCUT2D eigenvalue weighted by Gasteiger charge is 2.20. The highest BCUT2D eigenvalue weighted by molar-refractivity contribution is 7.17. The maximum Gasteiger partial charge on any atom is 0.350 e. The van der Waals surface area contributed by atoms with Crippen LogP contribution in [0.5, 0.6) is 17.2 Å². The lowest BCUT2D eigenvalue weighted by Crippen LogP contribution is -2.14. The summed E-state index contributed by atoms with van der Waals surface area (Å²) in [5.41, 5.74) is 1.82. The smallest absolute Gasteiger partial charge is 0.350 e. The van der Waals surface area contributed by atoms with Crippen LogP contribution in [0.1, 0.15) is 25.7 Å². The van der Waals surface area contributed by atoms with Gasteiger partial charge in [-0.15, -0.1) is 11.3 Å². The van der Waals surface area contributed by atoms with Gasteiger partial charge in [-0.25, -0.2) is 9.78 Å². The first-order valence-corrected chi connectivity index (χ1v) is 9.58. The van der Waals surface area contributed by atoms with E-state index in [4.69, 9.17) is 18.9 Å². The van der Waals surface area contributed by atoms with Crippen LogP contribution in [0.15, 0.2) is 42.5 Å². The van der Waals surface area contributed by atoms with E-state index in [0.717, 1.165) is 11.3 Å². The van der Waals surface area contributed by atoms with Gasteiger partial charge in [0, 0.05) is 11.1 Å². The molecule has 0 atom stereocenters. The lowest BCUT2D eigenvalue weighted by molar-refractivity contribution is 0.0478. The van der Waals surface area contributed by atoms with Crippen molar-refractivity contribution < 1.29 is 28.5 Å². The molecule has 0 spiro atoms. The molecule has 0 unspecified atom stereocenters. The fraction of sp³-hybridized carbons (Fsp3) is 0.190. The fourth-order valence-electron chi connectivity index (χ4n) is 2.79. The summed E-state index contributed by atoms with van der Waals surface area (Å²) in [6.45, 7) is 1.50. The molecule has 0 bridgehead atoms. The molecule has 8 heteroatoms. The second kappa shape index (κ2) is 7.92. The Morgan fingerprint density at radius 1 is 1.10 bits per heavy atom. The zero-order valence-electron chi connectivity index (χ0n) is 15.8. The molecule has 4 rings (SSSR count). The van der Waals surface area contributed by atoms with Gasteiger partial charge in [0.2, 0.25) is 6.79 Å². The summed E-state index contributed by atoms with van der Waals surface area (Å²) in [5, 5.41) is 0.694. The third kappa shape index (κ3) is 3.93. The molecule has 1 aromatic heterocycles. The first-order chi connectivity index (χ1) is 14.0. The first-order valence-electron chi connectivity index (χ1n) is 8.77. The second-order valence-corrected chi connectivity index (χ2v) is 7.23. The van der Waals surface area contributed by atoms with Crippen molar-refractivity contribution in [3.63, 3.8) is 0 Å². The molecule has 0 saturated carbocycles. The summed E-state index contributed by atoms with van der Waals surface area (Å²) < 4.78 is 20.9. The minimum atomic E-state index is -0.575. The van der Waals surface area contributed by atoms with Crippen LogP contribution in [-0.2, 0) is 4.74 Å². The van der Waals surface area contributed by atoms with Crippen LogP contribution in [0.2, 0.25) is 0 Å². The molecule has 0 radical (unpaired) electrons. The third-order valence-corrected chi connectivity index (χ3v) is 5.53. The van der Waals surface area contributed by atoms with Gasteiger partial charge in [0.15, 0.2) is 23.9 Å². The van der Waals surface area contributed by atoms with Gasteiger partial charge in [-0.2, -0.15) is 0 Å². The molecule has 1 aliphatic rings. The van der Waals surface area contributed by atoms with Gasteiger partial charge in [-0.1, -0.05) is 0 Å². The van der Waals surface area contributed by atoms with Crippen LogP contribution in [-0.4, -0.2) is 37.2 Å². The van der Waals surface area contributed by atoms with Gasteiger partial charge >= 0.3 is 5.97 Å². The average Bonchev–Trinajstić information content (AvgIpc) is 3.37. The van der Waals surface area contributed by atoms with Crippen LogP contribution >= 0.6 is 11.3 Å². The molecule has 3 aromatic rings. The predicted octanol–water partition coefficient (Wildman–Crippen LogP) is 3.90. The molecule has 29 heavy (non-hydrogen) atoms. The molecule has 0 N–H and O–H groups in total. The highest BCUT2D eigenvalue weighted by atomic mass is 32.1. The van der Waals surface area contributed by atoms with E-state index in [9.17, 15) is 9.59 Å². The Balaban J connectivity index is 1.43. The van der Waals surface area contributed by atoms with E-state index in [1.54, 1.807) is 32.2 Å². The number of thiazole rings is 1. The highest BCUT2D eigenvalue weighted by Crippen LogP contribution is 2.33. The van der Waals surface area contributed by atoms with Crippen molar-refractivity contribution in [2.45, 2.75) is 6.92 Å². The Hall–Kier alpha value is -3.39. The van der Waals surface area contributed by atoms with Crippen LogP contribution < -0.4 is 14.2 Å². The number of hydrogen-bond acceptors (Lipinski definition) is 8. The van der Waals surface area contributed by atoms with Crippen molar-refractivity contribution in [1.82, 2.24) is 4.98 Å². The first kappa shape index (κ1) is 18.9. The van der Waals surface area contributed by atoms with Crippen molar-refractivity contribution in [1.29, 1.82) is 0 Å². The Labute approximate surface area is 170 Å². The molecule has 2 aromatic carbocycles. The summed E-state index contributed by atoms with van der Waals surface area (Å²) in [5.74, 6) is 0.932. The molecule has 0 aliphatic carbocycles. The fourth-order valence-corrected chi connectivity index (χ4v) is 3.76. The van der Waals surface area contributed by atoms with Gasteiger partial charge in [0.25, 0.3) is 0 Å². The lowest BCUT2D eigenvalue weighted by atomic mass is 10.1. The van der Waals surface area contributed by atoms with E-state index >= 15 is 0 Å². The second-order valence-electron chi connectivity index (χ2n) is 6.23. The molecule has 0 fully saturated rings. The molecule has 2 heterocycles. The van der Waals surface area contributed by atoms with Crippen molar-refractivity contribution in [2.75, 3.05) is 20.5 Å². The standard InChI is InChI=1S/C21H17NO6S/c1-12-19(29-20(22-12)13-3-6-15(25-2)7-4-13)21(24)26-10-16(23)14-5-8-17-18(9-14)28-11-27-17/h3-9H,10-11H2,1-2H3. The lowest BCUT2D eigenvalue weighted by Gasteiger charge is -2.04. The Kier molecular flexibility index (Phi) is 5.18. The van der Waals surface area contributed by atoms with Gasteiger partial charge < -0.3 is 18.9 Å².